The van der Waals surface area contributed by atoms with E-state index in [1.807, 2.05) is 6.20 Å². The quantitative estimate of drug-likeness (QED) is 0.673. The highest BCUT2D eigenvalue weighted by atomic mass is 16.2. The van der Waals surface area contributed by atoms with Crippen molar-refractivity contribution in [3.63, 3.8) is 0 Å². The van der Waals surface area contributed by atoms with Gasteiger partial charge in [0.15, 0.2) is 0 Å². The lowest BCUT2D eigenvalue weighted by Gasteiger charge is -2.47. The Morgan fingerprint density at radius 1 is 1.06 bits per heavy atom. The van der Waals surface area contributed by atoms with Crippen LogP contribution in [0.4, 0.5) is 4.79 Å². The number of likely N-dealkylation sites (tertiary alicyclic amines) is 1. The van der Waals surface area contributed by atoms with E-state index in [9.17, 15) is 4.79 Å². The van der Waals surface area contributed by atoms with Gasteiger partial charge in [-0.05, 0) is 61.3 Å². The van der Waals surface area contributed by atoms with Crippen molar-refractivity contribution in [2.24, 2.45) is 11.8 Å². The lowest BCUT2D eigenvalue weighted by Crippen LogP contribution is -2.63. The molecule has 0 bridgehead atoms. The maximum atomic E-state index is 13.1. The lowest BCUT2D eigenvalue weighted by molar-refractivity contribution is 0.0812. The molecule has 1 aromatic heterocycles. The molecule has 1 saturated carbocycles. The maximum absolute atomic E-state index is 13.1. The Balaban J connectivity index is 1.12. The molecule has 3 aliphatic heterocycles. The third-order valence-corrected chi connectivity index (χ3v) is 8.24. The fraction of sp³-hybridized carbons (Fsp3) is 0.538. The molecule has 4 aliphatic rings. The van der Waals surface area contributed by atoms with E-state index in [4.69, 9.17) is 0 Å². The number of amides is 2. The number of benzene rings is 1. The van der Waals surface area contributed by atoms with E-state index in [1.165, 1.54) is 11.1 Å². The molecule has 174 valence electrons. The van der Waals surface area contributed by atoms with Gasteiger partial charge in [-0.15, -0.1) is 0 Å². The number of aryl methyl sites for hydroxylation is 1. The number of carbonyl (C=O) groups excluding carboxylic acids is 1. The first-order chi connectivity index (χ1) is 16.1. The minimum absolute atomic E-state index is 0.133. The Hall–Kier alpha value is -2.48. The molecule has 3 saturated heterocycles. The Morgan fingerprint density at radius 2 is 1.94 bits per heavy atom. The van der Waals surface area contributed by atoms with Crippen molar-refractivity contribution < 1.29 is 4.79 Å². The first-order valence-electron chi connectivity index (χ1n) is 12.4. The lowest BCUT2D eigenvalue weighted by atomic mass is 9.71. The van der Waals surface area contributed by atoms with Gasteiger partial charge in [-0.3, -0.25) is 15.3 Å². The first kappa shape index (κ1) is 21.1. The topological polar surface area (TPSA) is 72.5 Å². The number of pyridine rings is 1. The molecule has 1 aromatic carbocycles. The summed E-state index contributed by atoms with van der Waals surface area (Å²) in [6.45, 7) is 5.92. The van der Waals surface area contributed by atoms with Crippen LogP contribution in [0.3, 0.4) is 0 Å². The summed E-state index contributed by atoms with van der Waals surface area (Å²) in [5, 5.41) is 3.38. The minimum Gasteiger partial charge on any atom is -0.335 e. The van der Waals surface area contributed by atoms with Gasteiger partial charge in [0.1, 0.15) is 0 Å². The van der Waals surface area contributed by atoms with E-state index in [0.29, 0.717) is 30.0 Å². The molecule has 2 aromatic rings. The Morgan fingerprint density at radius 3 is 2.79 bits per heavy atom. The normalized spacial score (nSPS) is 34.1. The molecule has 1 aliphatic carbocycles. The van der Waals surface area contributed by atoms with E-state index in [0.717, 1.165) is 51.1 Å². The summed E-state index contributed by atoms with van der Waals surface area (Å²) in [5.41, 5.74) is 10.8. The summed E-state index contributed by atoms with van der Waals surface area (Å²) < 4.78 is 0. The van der Waals surface area contributed by atoms with E-state index in [-0.39, 0.29) is 12.1 Å². The summed E-state index contributed by atoms with van der Waals surface area (Å²) >= 11 is 0. The van der Waals surface area contributed by atoms with Crippen molar-refractivity contribution in [3.8, 4) is 0 Å². The van der Waals surface area contributed by atoms with Crippen molar-refractivity contribution in [3.05, 3.63) is 65.5 Å². The second kappa shape index (κ2) is 8.70. The summed E-state index contributed by atoms with van der Waals surface area (Å²) in [6.07, 6.45) is 5.09. The summed E-state index contributed by atoms with van der Waals surface area (Å²) in [6, 6.07) is 16.4. The maximum Gasteiger partial charge on any atom is 0.317 e. The number of hydrazine groups is 1. The fourth-order valence-electron chi connectivity index (χ4n) is 6.57. The van der Waals surface area contributed by atoms with Gasteiger partial charge in [0, 0.05) is 56.2 Å². The van der Waals surface area contributed by atoms with Gasteiger partial charge >= 0.3 is 6.03 Å². The third-order valence-electron chi connectivity index (χ3n) is 8.24. The molecule has 7 heteroatoms. The summed E-state index contributed by atoms with van der Waals surface area (Å²) in [5.74, 6) is 1.03. The van der Waals surface area contributed by atoms with Gasteiger partial charge in [0.05, 0.1) is 6.04 Å². The monoisotopic (exact) mass is 446 g/mol. The van der Waals surface area contributed by atoms with Crippen LogP contribution in [0.15, 0.2) is 48.7 Å². The molecule has 6 rings (SSSR count). The average molecular weight is 447 g/mol. The summed E-state index contributed by atoms with van der Waals surface area (Å²) in [4.78, 5) is 22.1. The predicted octanol–water partition coefficient (Wildman–Crippen LogP) is 2.60. The van der Waals surface area contributed by atoms with Gasteiger partial charge < -0.3 is 10.2 Å². The average Bonchev–Trinajstić information content (AvgIpc) is 3.45. The van der Waals surface area contributed by atoms with Gasteiger partial charge in [-0.25, -0.2) is 10.2 Å². The molecule has 7 nitrogen and oxygen atoms in total. The number of fused-ring (bicyclic) bond motifs is 2. The molecule has 3 N–H and O–H groups in total. The summed E-state index contributed by atoms with van der Waals surface area (Å²) in [7, 11) is 0. The highest BCUT2D eigenvalue weighted by Gasteiger charge is 2.48. The van der Waals surface area contributed by atoms with Crippen LogP contribution in [-0.2, 0) is 6.54 Å². The molecule has 4 heterocycles. The largest absolute Gasteiger partial charge is 0.335 e. The van der Waals surface area contributed by atoms with Gasteiger partial charge in [-0.1, -0.05) is 30.3 Å². The van der Waals surface area contributed by atoms with Crippen LogP contribution in [-0.4, -0.2) is 58.6 Å². The number of hydrogen-bond donors (Lipinski definition) is 3. The predicted molar refractivity (Wildman–Crippen MR) is 127 cm³/mol. The number of rotatable bonds is 4. The van der Waals surface area contributed by atoms with Crippen LogP contribution in [0.1, 0.15) is 42.1 Å². The van der Waals surface area contributed by atoms with Crippen LogP contribution in [0, 0.1) is 18.8 Å². The zero-order valence-corrected chi connectivity index (χ0v) is 19.3. The SMILES string of the molecule is Cc1cc(C2NNC3CC4NC(=O)N([C@H]5CCN(Cc6ccccc6)C5)CC4CC32)ccn1. The second-order valence-corrected chi connectivity index (χ2v) is 10.4. The van der Waals surface area contributed by atoms with Crippen molar-refractivity contribution in [1.29, 1.82) is 0 Å². The third kappa shape index (κ3) is 4.14. The number of hydrogen-bond acceptors (Lipinski definition) is 5. The van der Waals surface area contributed by atoms with Crippen LogP contribution >= 0.6 is 0 Å². The molecule has 4 fully saturated rings. The Bertz CT molecular complexity index is 999. The molecule has 0 spiro atoms. The van der Waals surface area contributed by atoms with E-state index in [1.54, 1.807) is 0 Å². The van der Waals surface area contributed by atoms with Crippen molar-refractivity contribution in [1.82, 2.24) is 31.0 Å². The number of nitrogens with zero attached hydrogens (tertiary/aromatic N) is 3. The molecule has 0 radical (unpaired) electrons. The highest BCUT2D eigenvalue weighted by molar-refractivity contribution is 5.76. The van der Waals surface area contributed by atoms with Crippen molar-refractivity contribution >= 4 is 6.03 Å². The van der Waals surface area contributed by atoms with E-state index >= 15 is 0 Å². The number of urea groups is 1. The van der Waals surface area contributed by atoms with Gasteiger partial charge in [0.2, 0.25) is 0 Å². The zero-order chi connectivity index (χ0) is 22.4. The van der Waals surface area contributed by atoms with Gasteiger partial charge in [0.25, 0.3) is 0 Å². The van der Waals surface area contributed by atoms with E-state index in [2.05, 4.69) is 80.3 Å². The number of nitrogens with one attached hydrogen (secondary N) is 3. The van der Waals surface area contributed by atoms with Gasteiger partial charge in [-0.2, -0.15) is 0 Å². The van der Waals surface area contributed by atoms with Crippen LogP contribution in [0.5, 0.6) is 0 Å². The van der Waals surface area contributed by atoms with Crippen LogP contribution in [0.2, 0.25) is 0 Å². The molecular formula is C26H34N6O. The zero-order valence-electron chi connectivity index (χ0n) is 19.3. The van der Waals surface area contributed by atoms with Crippen molar-refractivity contribution in [2.45, 2.75) is 56.9 Å². The van der Waals surface area contributed by atoms with Crippen LogP contribution in [0.25, 0.3) is 0 Å². The number of aromatic nitrogens is 1. The molecular weight excluding hydrogens is 412 g/mol. The minimum atomic E-state index is 0.133. The molecule has 2 amide bonds. The van der Waals surface area contributed by atoms with Crippen molar-refractivity contribution in [2.75, 3.05) is 19.6 Å². The molecule has 5 unspecified atom stereocenters. The first-order valence-corrected chi connectivity index (χ1v) is 12.4. The van der Waals surface area contributed by atoms with Crippen LogP contribution < -0.4 is 16.2 Å². The highest BCUT2D eigenvalue weighted by Crippen LogP contribution is 2.42. The molecule has 6 atom stereocenters. The number of carbonyl (C=O) groups is 1. The second-order valence-electron chi connectivity index (χ2n) is 10.4. The Kier molecular flexibility index (Phi) is 5.56. The Labute approximate surface area is 195 Å². The smallest absolute Gasteiger partial charge is 0.317 e. The standard InChI is InChI=1S/C26H34N6O/c1-17-11-19(7-9-27-17)25-22-12-20-15-32(26(33)28-23(20)13-24(22)29-30-25)21-8-10-31(16-21)14-18-5-3-2-4-6-18/h2-7,9,11,20-25,29-30H,8,10,12-16H2,1H3,(H,28,33)/t20?,21-,22?,23?,24?,25?/m0/s1. The molecule has 33 heavy (non-hydrogen) atoms. The van der Waals surface area contributed by atoms with E-state index < -0.39 is 0 Å². The fourth-order valence-corrected chi connectivity index (χ4v) is 6.57.